The van der Waals surface area contributed by atoms with Crippen LogP contribution >= 0.6 is 0 Å². The number of amides is 2. The number of aliphatic carboxylic acids is 1. The topological polar surface area (TPSA) is 214 Å². The molecule has 17 nitrogen and oxygen atoms in total. The molecular formula is C117H146N6O11. The summed E-state index contributed by atoms with van der Waals surface area (Å²) in [6, 6.07) is 74.8. The van der Waals surface area contributed by atoms with Gasteiger partial charge in [0.25, 0.3) is 0 Å². The number of hydrogen-bond donors (Lipinski definition) is 5. The lowest BCUT2D eigenvalue weighted by Crippen LogP contribution is -2.43. The maximum Gasteiger partial charge on any atom is 0.328 e. The molecule has 10 aromatic carbocycles. The van der Waals surface area contributed by atoms with Crippen LogP contribution in [0.4, 0.5) is 0 Å². The second-order valence-corrected chi connectivity index (χ2v) is 36.4. The molecule has 2 amide bonds. The Balaban J connectivity index is 0.000000152. The third-order valence-electron chi connectivity index (χ3n) is 26.7. The van der Waals surface area contributed by atoms with Crippen molar-refractivity contribution in [2.45, 2.75) is 239 Å². The van der Waals surface area contributed by atoms with Crippen LogP contribution in [0, 0.1) is 13.8 Å². The number of ketones is 2. The summed E-state index contributed by atoms with van der Waals surface area (Å²) >= 11 is 0. The van der Waals surface area contributed by atoms with Crippen molar-refractivity contribution in [1.29, 1.82) is 0 Å². The number of carbonyl (C=O) groups is 5. The quantitative estimate of drug-likeness (QED) is 0.0178. The van der Waals surface area contributed by atoms with Crippen molar-refractivity contribution in [2.24, 2.45) is 0 Å². The lowest BCUT2D eigenvalue weighted by Gasteiger charge is -2.34. The third-order valence-corrected chi connectivity index (χ3v) is 26.7. The van der Waals surface area contributed by atoms with E-state index >= 15 is 0 Å². The Hall–Kier alpha value is -11.2. The standard InChI is InChI=1S/C27H26N2O3.C26H25NO.C24H41NO2.C23H21NO.C17H33NO4/c1-18-25(27(30)22-9-4-7-19-6-2-3-8-21(19)22)23-10-5-11-24-26(23)29(18)20(17-32-24)16-28-12-14-31-15-13-28;1-2-9-24-20(6-1)7-5-8-21(24)18-23-19-22(25-10-3-4-11-26(23)25)12-13-27-14-16-28-17-15-27;1-2-3-4-5-6-7-8-9-10-11-12-13-17-20-24(27)25-23(21-26)22-18-15-14-16-19-22;1-3-15-24-16(2)22(20-12-6-7-14-21(20)24)23(25)19-13-8-10-17-9-4-5-11-18(17)19;1-2-3-4-5-6-7-8-9-10-11-12-13-16(20)18-15(14-19)17(21)22/h2-11,20H,12-17H2,1H3;1-11,18-19H,12-17H2;14-16,18-19,23,26H,2-13,17,20-21H2,1H3,(H,25,27);4-14H,3,15H2,1-2H3;15,19H,2-14H2,1H3,(H,18,20)(H,21,22)/b;23-18+;;;/t20-;;23-;;15-/m1.0.0/s1. The molecule has 0 unspecified atom stereocenters. The minimum Gasteiger partial charge on any atom is -0.489 e. The van der Waals surface area contributed by atoms with Gasteiger partial charge in [-0.05, 0) is 123 Å². The van der Waals surface area contributed by atoms with Crippen molar-refractivity contribution in [3.63, 3.8) is 0 Å². The lowest BCUT2D eigenvalue weighted by atomic mass is 9.95. The monoisotopic (exact) mass is 1810 g/mol. The van der Waals surface area contributed by atoms with Gasteiger partial charge in [0, 0.05) is 97.5 Å². The number of rotatable bonds is 44. The molecular weight excluding hydrogens is 1670 g/mol. The minimum absolute atomic E-state index is 0.0426. The van der Waals surface area contributed by atoms with Gasteiger partial charge in [0.05, 0.1) is 68.4 Å². The van der Waals surface area contributed by atoms with E-state index in [-0.39, 0.29) is 42.1 Å². The number of aliphatic hydroxyl groups excluding tert-OH is 2. The molecule has 134 heavy (non-hydrogen) atoms. The van der Waals surface area contributed by atoms with E-state index in [1.54, 1.807) is 0 Å². The number of nitrogens with zero attached hydrogens (tertiary/aromatic N) is 4. The maximum absolute atomic E-state index is 14.0. The first-order chi connectivity index (χ1) is 65.7. The van der Waals surface area contributed by atoms with Gasteiger partial charge >= 0.3 is 5.97 Å². The number of allylic oxidation sites excluding steroid dienone is 2. The molecule has 5 N–H and O–H groups in total. The number of ether oxygens (including phenoxy) is 3. The SMILES string of the molecule is C1=C(CCN2CCOCC2)c2ccccc2/C1=C/c1cccc2ccccc12.CCCCCCCCCCCCCC(=O)N[C@@H](CO)C(=O)O.CCCCCCCCCCCCCCCC(=O)N[C@@H](CO)c1ccccc1.CCCn1c(C)c(C(=O)c2cccc3ccccc23)c2ccccc21.Cc1c(C(=O)c2cccc3ccccc23)c2cccc3c2n1[C@H](CN1CCOCC1)CO3. The molecule has 1 aliphatic carbocycles. The first kappa shape index (κ1) is 102. The first-order valence-corrected chi connectivity index (χ1v) is 50.3. The van der Waals surface area contributed by atoms with Crippen molar-refractivity contribution < 1.29 is 53.5 Å². The van der Waals surface area contributed by atoms with E-state index in [1.807, 2.05) is 115 Å². The van der Waals surface area contributed by atoms with Crippen LogP contribution in [0.25, 0.3) is 71.3 Å². The summed E-state index contributed by atoms with van der Waals surface area (Å²) in [5.41, 5.74) is 15.2. The van der Waals surface area contributed by atoms with Gasteiger partial charge < -0.3 is 49.3 Å². The first-order valence-electron chi connectivity index (χ1n) is 50.3. The van der Waals surface area contributed by atoms with Gasteiger partial charge in [-0.15, -0.1) is 0 Å². The summed E-state index contributed by atoms with van der Waals surface area (Å²) in [7, 11) is 0. The molecule has 5 heterocycles. The fourth-order valence-corrected chi connectivity index (χ4v) is 19.4. The van der Waals surface area contributed by atoms with Crippen molar-refractivity contribution >= 4 is 101 Å². The van der Waals surface area contributed by atoms with Crippen LogP contribution in [0.2, 0.25) is 0 Å². The average molecular weight is 1810 g/mol. The van der Waals surface area contributed by atoms with E-state index in [1.165, 1.54) is 161 Å². The lowest BCUT2D eigenvalue weighted by molar-refractivity contribution is -0.143. The van der Waals surface area contributed by atoms with Crippen molar-refractivity contribution in [3.05, 3.63) is 286 Å². The molecule has 3 aliphatic heterocycles. The predicted octanol–water partition coefficient (Wildman–Crippen LogP) is 25.4. The predicted molar refractivity (Wildman–Crippen MR) is 551 cm³/mol. The molecule has 2 saturated heterocycles. The summed E-state index contributed by atoms with van der Waals surface area (Å²) in [5, 5.41) is 41.1. The number of unbranched alkanes of at least 4 members (excludes halogenated alkanes) is 22. The number of carboxylic acid groups (broad SMARTS) is 1. The van der Waals surface area contributed by atoms with Crippen molar-refractivity contribution in [3.8, 4) is 5.75 Å². The number of nitrogens with one attached hydrogen (secondary N) is 2. The smallest absolute Gasteiger partial charge is 0.328 e. The highest BCUT2D eigenvalue weighted by atomic mass is 16.5. The van der Waals surface area contributed by atoms with Crippen LogP contribution in [-0.4, -0.2) is 155 Å². The summed E-state index contributed by atoms with van der Waals surface area (Å²) in [6.07, 6.45) is 38.2. The molecule has 0 bridgehead atoms. The van der Waals surface area contributed by atoms with Crippen LogP contribution < -0.4 is 15.4 Å². The second-order valence-electron chi connectivity index (χ2n) is 36.4. The van der Waals surface area contributed by atoms with Gasteiger partial charge in [-0.3, -0.25) is 29.0 Å². The zero-order valence-corrected chi connectivity index (χ0v) is 80.3. The van der Waals surface area contributed by atoms with E-state index < -0.39 is 18.6 Å². The Morgan fingerprint density at radius 1 is 0.433 bits per heavy atom. The summed E-state index contributed by atoms with van der Waals surface area (Å²) in [4.78, 5) is 66.6. The van der Waals surface area contributed by atoms with Crippen molar-refractivity contribution in [1.82, 2.24) is 29.6 Å². The van der Waals surface area contributed by atoms with Gasteiger partial charge in [-0.25, -0.2) is 4.79 Å². The molecule has 16 rings (SSSR count). The van der Waals surface area contributed by atoms with Crippen LogP contribution in [0.1, 0.15) is 278 Å². The number of benzene rings is 10. The fourth-order valence-electron chi connectivity index (χ4n) is 19.4. The number of carbonyl (C=O) groups excluding carboxylic acids is 4. The molecule has 12 aromatic rings. The zero-order valence-electron chi connectivity index (χ0n) is 80.3. The second kappa shape index (κ2) is 55.0. The molecule has 0 saturated carbocycles. The number of aromatic nitrogens is 2. The number of morpholine rings is 2. The van der Waals surface area contributed by atoms with E-state index in [0.29, 0.717) is 19.4 Å². The van der Waals surface area contributed by atoms with Gasteiger partial charge in [0.1, 0.15) is 18.4 Å². The van der Waals surface area contributed by atoms with Crippen LogP contribution in [0.3, 0.4) is 0 Å². The van der Waals surface area contributed by atoms with E-state index in [0.717, 1.165) is 205 Å². The normalized spacial score (nSPS) is 14.8. The molecule has 3 atom stereocenters. The Morgan fingerprint density at radius 3 is 1.42 bits per heavy atom. The molecule has 0 radical (unpaired) electrons. The van der Waals surface area contributed by atoms with E-state index in [2.05, 4.69) is 186 Å². The molecule has 2 aromatic heterocycles. The molecule has 17 heteroatoms. The maximum atomic E-state index is 14.0. The fraction of sp³-hybridized carbons (Fsp3) is 0.427. The number of fused-ring (bicyclic) bond motifs is 5. The summed E-state index contributed by atoms with van der Waals surface area (Å²) in [5.74, 6) is -0.401. The van der Waals surface area contributed by atoms with Gasteiger partial charge in [-0.1, -0.05) is 380 Å². The molecule has 710 valence electrons. The highest BCUT2D eigenvalue weighted by Crippen LogP contribution is 2.42. The highest BCUT2D eigenvalue weighted by molar-refractivity contribution is 6.24. The number of aryl methyl sites for hydroxylation is 1. The molecule has 2 fully saturated rings. The number of carboxylic acids is 1. The summed E-state index contributed by atoms with van der Waals surface area (Å²) in [6.45, 7) is 20.9. The van der Waals surface area contributed by atoms with Gasteiger partial charge in [0.15, 0.2) is 11.6 Å². The highest BCUT2D eigenvalue weighted by Gasteiger charge is 2.33. The van der Waals surface area contributed by atoms with Crippen LogP contribution in [-0.2, 0) is 30.4 Å². The zero-order chi connectivity index (χ0) is 94.0. The van der Waals surface area contributed by atoms with Crippen LogP contribution in [0.15, 0.2) is 231 Å². The van der Waals surface area contributed by atoms with Crippen molar-refractivity contribution in [2.75, 3.05) is 85.5 Å². The van der Waals surface area contributed by atoms with E-state index in [4.69, 9.17) is 24.4 Å². The van der Waals surface area contributed by atoms with E-state index in [9.17, 15) is 29.1 Å². The third kappa shape index (κ3) is 29.0. The minimum atomic E-state index is -1.20. The Labute approximate surface area is 795 Å². The average Bonchev–Trinajstić information content (AvgIpc) is 1.57. The largest absolute Gasteiger partial charge is 0.489 e. The molecule has 4 aliphatic rings. The number of para-hydroxylation sites is 2. The molecule has 0 spiro atoms. The van der Waals surface area contributed by atoms with Crippen LogP contribution in [0.5, 0.6) is 5.75 Å². The Morgan fingerprint density at radius 2 is 0.881 bits per heavy atom. The van der Waals surface area contributed by atoms with Gasteiger partial charge in [0.2, 0.25) is 11.8 Å². The summed E-state index contributed by atoms with van der Waals surface area (Å²) < 4.78 is 21.8. The number of hydrogen-bond acceptors (Lipinski definition) is 12. The van der Waals surface area contributed by atoms with Gasteiger partial charge in [-0.2, -0.15) is 0 Å². The number of aliphatic hydroxyl groups is 2. The Bertz CT molecular complexity index is 5760. The Kier molecular flexibility index (Phi) is 41.8.